The van der Waals surface area contributed by atoms with Gasteiger partial charge in [0.1, 0.15) is 18.1 Å². The van der Waals surface area contributed by atoms with Crippen LogP contribution in [0.4, 0.5) is 4.39 Å². The molecule has 3 atom stereocenters. The number of halogens is 1. The van der Waals surface area contributed by atoms with E-state index in [9.17, 15) is 9.18 Å². The molecule has 0 radical (unpaired) electrons. The second kappa shape index (κ2) is 10.9. The van der Waals surface area contributed by atoms with Gasteiger partial charge in [-0.25, -0.2) is 4.39 Å². The van der Waals surface area contributed by atoms with Crippen LogP contribution in [0.3, 0.4) is 0 Å². The molecule has 2 aromatic heterocycles. The Labute approximate surface area is 221 Å². The molecule has 6 rings (SSSR count). The van der Waals surface area contributed by atoms with Crippen LogP contribution in [0.15, 0.2) is 70.0 Å². The third-order valence-corrected chi connectivity index (χ3v) is 7.47. The van der Waals surface area contributed by atoms with Crippen LogP contribution in [-0.4, -0.2) is 58.0 Å². The highest BCUT2D eigenvalue weighted by Crippen LogP contribution is 2.30. The van der Waals surface area contributed by atoms with Crippen LogP contribution < -0.4 is 10.6 Å². The summed E-state index contributed by atoms with van der Waals surface area (Å²) in [6, 6.07) is 0.139. The Balaban J connectivity index is 1.11. The highest BCUT2D eigenvalue weighted by Gasteiger charge is 2.28. The van der Waals surface area contributed by atoms with Gasteiger partial charge in [-0.1, -0.05) is 36.0 Å². The molecule has 2 N–H and O–H groups in total. The number of piperidine rings is 1. The lowest BCUT2D eigenvalue weighted by molar-refractivity contribution is -0.132. The molecule has 1 saturated heterocycles. The minimum atomic E-state index is -0.969. The topological polar surface area (TPSA) is 87.2 Å². The second-order valence-corrected chi connectivity index (χ2v) is 10.2. The monoisotopic (exact) mass is 516 g/mol. The molecule has 0 bridgehead atoms. The molecule has 2 aromatic rings. The molecular weight excluding hydrogens is 483 g/mol. The molecule has 8 nitrogen and oxygen atoms in total. The number of hydrogen-bond donors (Lipinski definition) is 2. The van der Waals surface area contributed by atoms with E-state index in [1.165, 1.54) is 5.57 Å². The Hall–Kier alpha value is -3.72. The lowest BCUT2D eigenvalue weighted by Gasteiger charge is -2.35. The lowest BCUT2D eigenvalue weighted by Crippen LogP contribution is -2.54. The van der Waals surface area contributed by atoms with Crippen molar-refractivity contribution in [3.8, 4) is 0 Å². The molecule has 9 heteroatoms. The molecule has 4 heterocycles. The third kappa shape index (κ3) is 5.29. The summed E-state index contributed by atoms with van der Waals surface area (Å²) in [5, 5.41) is 7.08. The summed E-state index contributed by atoms with van der Waals surface area (Å²) in [4.78, 5) is 24.2. The van der Waals surface area contributed by atoms with E-state index in [2.05, 4.69) is 38.8 Å². The van der Waals surface area contributed by atoms with E-state index in [0.717, 1.165) is 61.3 Å². The van der Waals surface area contributed by atoms with Crippen LogP contribution in [0.1, 0.15) is 56.3 Å². The molecular formula is C29H33FN6O2. The number of aliphatic imine (C=N–C) groups is 1. The number of oxazole rings is 1. The second-order valence-electron chi connectivity index (χ2n) is 10.2. The SMILES string of the molecule is O=C(CCC1=CCCC=C1)N1CCC[C@@H](NC2N=CC=C(c3c(C4=CCC(F)C=C4)nc4occn34)N2)C1. The van der Waals surface area contributed by atoms with E-state index in [1.807, 2.05) is 27.6 Å². The zero-order valence-corrected chi connectivity index (χ0v) is 21.4. The van der Waals surface area contributed by atoms with Gasteiger partial charge in [-0.2, -0.15) is 4.98 Å². The summed E-state index contributed by atoms with van der Waals surface area (Å²) >= 11 is 0. The van der Waals surface area contributed by atoms with Crippen molar-refractivity contribution in [3.05, 3.63) is 72.0 Å². The van der Waals surface area contributed by atoms with E-state index in [0.29, 0.717) is 25.2 Å². The first-order valence-corrected chi connectivity index (χ1v) is 13.5. The van der Waals surface area contributed by atoms with E-state index in [1.54, 1.807) is 24.6 Å². The van der Waals surface area contributed by atoms with Gasteiger partial charge in [-0.15, -0.1) is 0 Å². The fourth-order valence-electron chi connectivity index (χ4n) is 5.51. The van der Waals surface area contributed by atoms with Crippen LogP contribution in [0.5, 0.6) is 0 Å². The maximum Gasteiger partial charge on any atom is 0.306 e. The molecule has 4 aliphatic rings. The number of rotatable bonds is 7. The molecule has 0 spiro atoms. The molecule has 2 aliphatic heterocycles. The third-order valence-electron chi connectivity index (χ3n) is 7.47. The Morgan fingerprint density at radius 1 is 1.26 bits per heavy atom. The molecule has 0 aromatic carbocycles. The number of nitrogens with zero attached hydrogens (tertiary/aromatic N) is 4. The van der Waals surface area contributed by atoms with Crippen molar-refractivity contribution in [2.24, 2.45) is 4.99 Å². The van der Waals surface area contributed by atoms with Gasteiger partial charge in [0, 0.05) is 44.4 Å². The predicted molar refractivity (Wildman–Crippen MR) is 146 cm³/mol. The van der Waals surface area contributed by atoms with Gasteiger partial charge in [0.15, 0.2) is 6.29 Å². The first kappa shape index (κ1) is 24.6. The number of allylic oxidation sites excluding steroid dienone is 9. The van der Waals surface area contributed by atoms with Crippen LogP contribution >= 0.6 is 0 Å². The van der Waals surface area contributed by atoms with Crippen LogP contribution in [0.25, 0.3) is 17.1 Å². The normalized spacial score (nSPS) is 25.2. The largest absolute Gasteiger partial charge is 0.432 e. The summed E-state index contributed by atoms with van der Waals surface area (Å²) in [6.07, 6.45) is 23.4. The summed E-state index contributed by atoms with van der Waals surface area (Å²) in [5.74, 6) is 0.690. The van der Waals surface area contributed by atoms with Gasteiger partial charge in [0.25, 0.3) is 0 Å². The van der Waals surface area contributed by atoms with Crippen molar-refractivity contribution in [2.75, 3.05) is 13.1 Å². The summed E-state index contributed by atoms with van der Waals surface area (Å²) in [5.41, 5.74) is 4.55. The molecule has 1 fully saturated rings. The number of carbonyl (C=O) groups is 1. The number of carbonyl (C=O) groups excluding carboxylic acids is 1. The maximum absolute atomic E-state index is 13.7. The Morgan fingerprint density at radius 3 is 3.05 bits per heavy atom. The van der Waals surface area contributed by atoms with Gasteiger partial charge in [0.2, 0.25) is 5.91 Å². The van der Waals surface area contributed by atoms with E-state index in [4.69, 9.17) is 4.42 Å². The molecule has 0 saturated carbocycles. The molecule has 198 valence electrons. The number of aromatic nitrogens is 2. The van der Waals surface area contributed by atoms with Crippen LogP contribution in [-0.2, 0) is 4.79 Å². The van der Waals surface area contributed by atoms with Crippen molar-refractivity contribution in [1.82, 2.24) is 24.9 Å². The molecule has 2 aliphatic carbocycles. The average Bonchev–Trinajstić information content (AvgIpc) is 3.55. The van der Waals surface area contributed by atoms with Crippen molar-refractivity contribution in [3.63, 3.8) is 0 Å². The number of likely N-dealkylation sites (tertiary alicyclic amines) is 1. The lowest BCUT2D eigenvalue weighted by atomic mass is 10.0. The highest BCUT2D eigenvalue weighted by atomic mass is 19.1. The van der Waals surface area contributed by atoms with Crippen molar-refractivity contribution < 1.29 is 13.6 Å². The summed E-state index contributed by atoms with van der Waals surface area (Å²) in [6.45, 7) is 1.48. The molecule has 2 unspecified atom stereocenters. The fourth-order valence-corrected chi connectivity index (χ4v) is 5.51. The van der Waals surface area contributed by atoms with Crippen molar-refractivity contribution in [2.45, 2.75) is 63.4 Å². The highest BCUT2D eigenvalue weighted by molar-refractivity contribution is 5.89. The zero-order valence-electron chi connectivity index (χ0n) is 21.4. The number of imidazole rings is 1. The number of fused-ring (bicyclic) bond motifs is 1. The van der Waals surface area contributed by atoms with Crippen molar-refractivity contribution in [1.29, 1.82) is 0 Å². The van der Waals surface area contributed by atoms with E-state index in [-0.39, 0.29) is 18.2 Å². The fraction of sp³-hybridized carbons (Fsp3) is 0.414. The quantitative estimate of drug-likeness (QED) is 0.564. The minimum Gasteiger partial charge on any atom is -0.432 e. The standard InChI is InChI=1S/C29H33FN6O2/c30-22-11-9-21(10-12-22)26-27(36-17-18-38-29(36)34-26)24-14-15-31-28(33-24)32-23-7-4-16-35(19-23)25(37)13-8-20-5-2-1-3-6-20/h2,5-6,9-11,14-15,17-18,22-23,28,32-33H,1,3-4,7-8,12-13,16,19H2/t22?,23-,28?/m1/s1. The molecule has 38 heavy (non-hydrogen) atoms. The number of nitrogens with one attached hydrogen (secondary N) is 2. The summed E-state index contributed by atoms with van der Waals surface area (Å²) < 4.78 is 21.1. The van der Waals surface area contributed by atoms with Gasteiger partial charge < -0.3 is 14.6 Å². The average molecular weight is 517 g/mol. The van der Waals surface area contributed by atoms with E-state index < -0.39 is 6.17 Å². The molecule has 1 amide bonds. The van der Waals surface area contributed by atoms with Gasteiger partial charge in [-0.3, -0.25) is 19.5 Å². The first-order valence-electron chi connectivity index (χ1n) is 13.5. The maximum atomic E-state index is 13.7. The Kier molecular flexibility index (Phi) is 7.09. The minimum absolute atomic E-state index is 0.139. The Morgan fingerprint density at radius 2 is 2.21 bits per heavy atom. The zero-order chi connectivity index (χ0) is 25.9. The number of hydrogen-bond acceptors (Lipinski definition) is 6. The van der Waals surface area contributed by atoms with Crippen molar-refractivity contribution >= 4 is 29.2 Å². The van der Waals surface area contributed by atoms with Crippen LogP contribution in [0.2, 0.25) is 0 Å². The van der Waals surface area contributed by atoms with Gasteiger partial charge in [0.05, 0.1) is 11.4 Å². The smallest absolute Gasteiger partial charge is 0.306 e. The van der Waals surface area contributed by atoms with Gasteiger partial charge in [-0.05, 0) is 49.8 Å². The Bertz CT molecular complexity index is 1380. The summed E-state index contributed by atoms with van der Waals surface area (Å²) in [7, 11) is 0. The van der Waals surface area contributed by atoms with Crippen LogP contribution in [0, 0.1) is 0 Å². The first-order chi connectivity index (χ1) is 18.6. The number of alkyl halides is 1. The predicted octanol–water partition coefficient (Wildman–Crippen LogP) is 4.54. The van der Waals surface area contributed by atoms with E-state index >= 15 is 0 Å². The number of amides is 1. The van der Waals surface area contributed by atoms with Gasteiger partial charge >= 0.3 is 5.84 Å².